The predicted molar refractivity (Wildman–Crippen MR) is 163 cm³/mol. The van der Waals surface area contributed by atoms with Crippen LogP contribution in [0.5, 0.6) is 17.2 Å². The fraction of sp³-hybridized carbons (Fsp3) is 0.361. The summed E-state index contributed by atoms with van der Waals surface area (Å²) in [6.07, 6.45) is 8.79. The van der Waals surface area contributed by atoms with Crippen LogP contribution in [0.2, 0.25) is 0 Å². The first-order valence-corrected chi connectivity index (χ1v) is 14.9. The number of carbonyl (C=O) groups excluding carboxylic acids is 3. The number of benzene rings is 2. The van der Waals surface area contributed by atoms with Crippen molar-refractivity contribution >= 4 is 23.6 Å². The van der Waals surface area contributed by atoms with Gasteiger partial charge in [-0.3, -0.25) is 9.59 Å². The SMILES string of the molecule is CC(C)=CCc1c(O)cc2c(c1O)C(=O)C1=C[C@H]3C(=O)[C@]4(CC=C(C)C)OC[C@H]([C@H]3COC(=O)/C=C/c3ccccc3)[C@]14O2. The molecule has 8 heteroatoms. The Morgan fingerprint density at radius 3 is 2.50 bits per heavy atom. The maximum atomic E-state index is 14.3. The average molecular weight is 597 g/mol. The van der Waals surface area contributed by atoms with E-state index in [2.05, 4.69) is 0 Å². The van der Waals surface area contributed by atoms with E-state index in [1.807, 2.05) is 70.2 Å². The summed E-state index contributed by atoms with van der Waals surface area (Å²) >= 11 is 0. The molecular formula is C36H36O8. The van der Waals surface area contributed by atoms with E-state index in [0.717, 1.165) is 16.7 Å². The van der Waals surface area contributed by atoms with E-state index in [-0.39, 0.29) is 65.8 Å². The molecule has 7 rings (SSSR count). The van der Waals surface area contributed by atoms with E-state index in [4.69, 9.17) is 14.2 Å². The normalized spacial score (nSPS) is 27.7. The average Bonchev–Trinajstić information content (AvgIpc) is 3.26. The van der Waals surface area contributed by atoms with Crippen LogP contribution in [0, 0.1) is 17.8 Å². The van der Waals surface area contributed by atoms with Gasteiger partial charge < -0.3 is 24.4 Å². The van der Waals surface area contributed by atoms with Gasteiger partial charge in [-0.15, -0.1) is 0 Å². The van der Waals surface area contributed by atoms with Gasteiger partial charge in [0.05, 0.1) is 13.2 Å². The highest BCUT2D eigenvalue weighted by Gasteiger charge is 2.79. The van der Waals surface area contributed by atoms with Gasteiger partial charge in [-0.25, -0.2) is 4.79 Å². The van der Waals surface area contributed by atoms with Gasteiger partial charge in [-0.05, 0) is 45.8 Å². The lowest BCUT2D eigenvalue weighted by molar-refractivity contribution is -0.174. The molecule has 3 aliphatic carbocycles. The van der Waals surface area contributed by atoms with Crippen molar-refractivity contribution in [2.45, 2.75) is 51.7 Å². The molecule has 1 saturated heterocycles. The number of allylic oxidation sites excluding steroid dienone is 4. The number of esters is 1. The van der Waals surface area contributed by atoms with Crippen molar-refractivity contribution in [1.29, 1.82) is 0 Å². The van der Waals surface area contributed by atoms with Gasteiger partial charge in [0.2, 0.25) is 0 Å². The lowest BCUT2D eigenvalue weighted by atomic mass is 9.49. The van der Waals surface area contributed by atoms with E-state index in [1.165, 1.54) is 12.1 Å². The molecule has 2 fully saturated rings. The van der Waals surface area contributed by atoms with Crippen LogP contribution in [0.1, 0.15) is 55.6 Å². The zero-order valence-corrected chi connectivity index (χ0v) is 25.3. The second-order valence-electron chi connectivity index (χ2n) is 12.5. The molecule has 1 saturated carbocycles. The number of rotatable bonds is 8. The van der Waals surface area contributed by atoms with Crippen molar-refractivity contribution in [3.63, 3.8) is 0 Å². The van der Waals surface area contributed by atoms with E-state index < -0.39 is 40.7 Å². The van der Waals surface area contributed by atoms with Crippen molar-refractivity contribution in [2.24, 2.45) is 17.8 Å². The minimum Gasteiger partial charge on any atom is -0.507 e. The van der Waals surface area contributed by atoms with Crippen LogP contribution >= 0.6 is 0 Å². The second kappa shape index (κ2) is 10.9. The van der Waals surface area contributed by atoms with Crippen LogP contribution in [0.15, 0.2) is 77.4 Å². The molecule has 44 heavy (non-hydrogen) atoms. The molecule has 2 aromatic carbocycles. The summed E-state index contributed by atoms with van der Waals surface area (Å²) in [5, 5.41) is 22.2. The molecule has 0 unspecified atom stereocenters. The Labute approximate surface area is 256 Å². The molecule has 2 aliphatic heterocycles. The van der Waals surface area contributed by atoms with Crippen molar-refractivity contribution < 1.29 is 38.8 Å². The lowest BCUT2D eigenvalue weighted by Crippen LogP contribution is -2.74. The Morgan fingerprint density at radius 1 is 1.07 bits per heavy atom. The summed E-state index contributed by atoms with van der Waals surface area (Å²) < 4.78 is 18.7. The quantitative estimate of drug-likeness (QED) is 0.227. The van der Waals surface area contributed by atoms with Crippen molar-refractivity contribution in [1.82, 2.24) is 0 Å². The minimum absolute atomic E-state index is 0.00476. The Morgan fingerprint density at radius 2 is 1.80 bits per heavy atom. The molecule has 1 spiro atoms. The number of phenols is 2. The number of ether oxygens (including phenoxy) is 3. The van der Waals surface area contributed by atoms with Crippen LogP contribution in [0.3, 0.4) is 0 Å². The molecule has 8 nitrogen and oxygen atoms in total. The molecule has 2 heterocycles. The number of ketones is 2. The van der Waals surface area contributed by atoms with Gasteiger partial charge in [0.15, 0.2) is 22.8 Å². The summed E-state index contributed by atoms with van der Waals surface area (Å²) in [5.41, 5.74) is 0.249. The first-order chi connectivity index (χ1) is 21.0. The van der Waals surface area contributed by atoms with Gasteiger partial charge in [0.1, 0.15) is 22.8 Å². The van der Waals surface area contributed by atoms with Gasteiger partial charge in [0.25, 0.3) is 0 Å². The topological polar surface area (TPSA) is 119 Å². The van der Waals surface area contributed by atoms with Crippen molar-refractivity contribution in [3.8, 4) is 17.2 Å². The largest absolute Gasteiger partial charge is 0.507 e. The zero-order chi connectivity index (χ0) is 31.4. The second-order valence-corrected chi connectivity index (χ2v) is 12.5. The number of Topliss-reactive ketones (excluding diaryl/α,β-unsaturated/α-hetero) is 2. The molecule has 5 atom stereocenters. The summed E-state index contributed by atoms with van der Waals surface area (Å²) in [7, 11) is 0. The molecular weight excluding hydrogens is 560 g/mol. The predicted octanol–water partition coefficient (Wildman–Crippen LogP) is 5.67. The maximum absolute atomic E-state index is 14.3. The number of carbonyl (C=O) groups is 3. The van der Waals surface area contributed by atoms with Gasteiger partial charge >= 0.3 is 5.97 Å². The Kier molecular flexibility index (Phi) is 7.36. The molecule has 2 aromatic rings. The molecule has 2 N–H and O–H groups in total. The summed E-state index contributed by atoms with van der Waals surface area (Å²) in [6.45, 7) is 7.67. The number of phenolic OH excluding ortho intramolecular Hbond substituents is 2. The molecule has 4 bridgehead atoms. The van der Waals surface area contributed by atoms with Gasteiger partial charge in [0, 0.05) is 47.5 Å². The van der Waals surface area contributed by atoms with Gasteiger partial charge in [-0.2, -0.15) is 0 Å². The van der Waals surface area contributed by atoms with Crippen LogP contribution in [-0.2, 0) is 25.5 Å². The fourth-order valence-corrected chi connectivity index (χ4v) is 7.15. The Bertz CT molecular complexity index is 1670. The number of hydrogen-bond acceptors (Lipinski definition) is 8. The highest BCUT2D eigenvalue weighted by atomic mass is 16.6. The summed E-state index contributed by atoms with van der Waals surface area (Å²) in [5.74, 6) is -3.57. The third-order valence-electron chi connectivity index (χ3n) is 9.29. The van der Waals surface area contributed by atoms with E-state index in [9.17, 15) is 24.6 Å². The van der Waals surface area contributed by atoms with Crippen molar-refractivity contribution in [2.75, 3.05) is 13.2 Å². The first kappa shape index (κ1) is 29.6. The van der Waals surface area contributed by atoms with Gasteiger partial charge in [-0.1, -0.05) is 59.7 Å². The van der Waals surface area contributed by atoms with Crippen LogP contribution in [-0.4, -0.2) is 52.2 Å². The third-order valence-corrected chi connectivity index (χ3v) is 9.29. The standard InChI is InChI=1S/C36H36O8/c1-20(2)10-12-23-28(37)17-29-31(32(23)39)33(40)26-16-24-25(18-42-30(38)13-11-22-8-6-5-7-9-22)27-19-43-35(34(24)41,15-14-21(3)4)36(26,27)44-29/h5-11,13-14,16-17,24-25,27,37,39H,12,15,18-19H2,1-4H3/b13-11+/t24-,25+,27-,35+,36-/m1/s1. The highest BCUT2D eigenvalue weighted by Crippen LogP contribution is 2.65. The Balaban J connectivity index is 1.40. The first-order valence-electron chi connectivity index (χ1n) is 14.9. The van der Waals surface area contributed by atoms with Crippen molar-refractivity contribution in [3.05, 3.63) is 94.1 Å². The lowest BCUT2D eigenvalue weighted by Gasteiger charge is -2.58. The molecule has 0 amide bonds. The minimum atomic E-state index is -1.52. The summed E-state index contributed by atoms with van der Waals surface area (Å²) in [6, 6.07) is 10.7. The monoisotopic (exact) mass is 596 g/mol. The Hall–Kier alpha value is -4.43. The van der Waals surface area contributed by atoms with Crippen LogP contribution in [0.4, 0.5) is 0 Å². The maximum Gasteiger partial charge on any atom is 0.330 e. The van der Waals surface area contributed by atoms with E-state index in [1.54, 1.807) is 12.2 Å². The number of aromatic hydroxyl groups is 2. The zero-order valence-electron chi connectivity index (χ0n) is 25.3. The molecule has 5 aliphatic rings. The fourth-order valence-electron chi connectivity index (χ4n) is 7.15. The van der Waals surface area contributed by atoms with E-state index in [0.29, 0.717) is 0 Å². The number of fused-ring (bicyclic) bond motifs is 1. The third kappa shape index (κ3) is 4.42. The molecule has 0 aromatic heterocycles. The smallest absolute Gasteiger partial charge is 0.330 e. The molecule has 0 radical (unpaired) electrons. The summed E-state index contributed by atoms with van der Waals surface area (Å²) in [4.78, 5) is 41.3. The highest BCUT2D eigenvalue weighted by molar-refractivity contribution is 6.18. The van der Waals surface area contributed by atoms with Crippen LogP contribution in [0.25, 0.3) is 6.08 Å². The van der Waals surface area contributed by atoms with Crippen LogP contribution < -0.4 is 4.74 Å². The number of hydrogen-bond donors (Lipinski definition) is 2. The molecule has 228 valence electrons. The van der Waals surface area contributed by atoms with E-state index >= 15 is 0 Å².